The summed E-state index contributed by atoms with van der Waals surface area (Å²) in [5.74, 6) is 0.403. The van der Waals surface area contributed by atoms with Gasteiger partial charge < -0.3 is 9.64 Å². The van der Waals surface area contributed by atoms with E-state index in [1.807, 2.05) is 0 Å². The summed E-state index contributed by atoms with van der Waals surface area (Å²) in [5.41, 5.74) is 1.26. The van der Waals surface area contributed by atoms with Crippen LogP contribution in [-0.4, -0.2) is 36.3 Å². The lowest BCUT2D eigenvalue weighted by molar-refractivity contribution is 0.169. The Labute approximate surface area is 101 Å². The lowest BCUT2D eigenvalue weighted by Crippen LogP contribution is -2.26. The van der Waals surface area contributed by atoms with Crippen LogP contribution in [0.1, 0.15) is 18.3 Å². The van der Waals surface area contributed by atoms with Crippen molar-refractivity contribution in [1.29, 1.82) is 0 Å². The highest BCUT2D eigenvalue weighted by molar-refractivity contribution is 7.93. The fourth-order valence-electron chi connectivity index (χ4n) is 1.90. The molecule has 0 aromatic carbocycles. The predicted molar refractivity (Wildman–Crippen MR) is 62.4 cm³/mol. The van der Waals surface area contributed by atoms with Gasteiger partial charge in [0.1, 0.15) is 5.76 Å². The molecule has 0 saturated heterocycles. The van der Waals surface area contributed by atoms with E-state index in [9.17, 15) is 8.42 Å². The van der Waals surface area contributed by atoms with Gasteiger partial charge in [-0.15, -0.1) is 0 Å². The Morgan fingerprint density at radius 1 is 1.35 bits per heavy atom. The normalized spacial score (nSPS) is 16.6. The fourth-order valence-corrected chi connectivity index (χ4v) is 3.60. The first-order valence-electron chi connectivity index (χ1n) is 5.17. The van der Waals surface area contributed by atoms with Gasteiger partial charge in [-0.3, -0.25) is 0 Å². The number of hydrogen-bond donors (Lipinski definition) is 0. The molecule has 0 unspecified atom stereocenters. The van der Waals surface area contributed by atoms with Crippen molar-refractivity contribution < 1.29 is 13.2 Å². The SMILES string of the molecule is CC1=C(S(=O)(=O)n2nc(C)cc2C)N(C)CO1. The van der Waals surface area contributed by atoms with Crippen LogP contribution >= 0.6 is 0 Å². The minimum Gasteiger partial charge on any atom is -0.475 e. The number of ether oxygens (including phenoxy) is 1. The summed E-state index contributed by atoms with van der Waals surface area (Å²) in [6, 6.07) is 1.73. The molecule has 0 aliphatic carbocycles. The molecule has 1 aliphatic rings. The summed E-state index contributed by atoms with van der Waals surface area (Å²) in [4.78, 5) is 1.56. The van der Waals surface area contributed by atoms with Gasteiger partial charge in [-0.25, -0.2) is 0 Å². The topological polar surface area (TPSA) is 64.4 Å². The van der Waals surface area contributed by atoms with Crippen molar-refractivity contribution in [2.24, 2.45) is 0 Å². The van der Waals surface area contributed by atoms with Gasteiger partial charge in [-0.2, -0.15) is 17.6 Å². The Hall–Kier alpha value is -1.50. The molecule has 17 heavy (non-hydrogen) atoms. The van der Waals surface area contributed by atoms with Crippen molar-refractivity contribution in [3.63, 3.8) is 0 Å². The Morgan fingerprint density at radius 2 is 2.00 bits per heavy atom. The summed E-state index contributed by atoms with van der Waals surface area (Å²) in [7, 11) is -1.99. The second-order valence-electron chi connectivity index (χ2n) is 4.11. The Kier molecular flexibility index (Phi) is 2.65. The van der Waals surface area contributed by atoms with Crippen LogP contribution in [-0.2, 0) is 14.8 Å². The van der Waals surface area contributed by atoms with Gasteiger partial charge in [0.2, 0.25) is 0 Å². The number of hydrogen-bond acceptors (Lipinski definition) is 5. The van der Waals surface area contributed by atoms with Crippen LogP contribution in [0.25, 0.3) is 0 Å². The minimum absolute atomic E-state index is 0.170. The van der Waals surface area contributed by atoms with Gasteiger partial charge in [0.15, 0.2) is 11.8 Å². The second-order valence-corrected chi connectivity index (χ2v) is 5.79. The molecule has 1 aromatic heterocycles. The molecular formula is C10H15N3O3S. The highest BCUT2D eigenvalue weighted by Gasteiger charge is 2.33. The van der Waals surface area contributed by atoms with Crippen LogP contribution in [0.2, 0.25) is 0 Å². The number of aryl methyl sites for hydroxylation is 2. The molecule has 2 rings (SSSR count). The first kappa shape index (κ1) is 12.0. The number of rotatable bonds is 2. The second kappa shape index (κ2) is 3.76. The molecule has 0 fully saturated rings. The van der Waals surface area contributed by atoms with E-state index >= 15 is 0 Å². The van der Waals surface area contributed by atoms with Crippen molar-refractivity contribution in [3.05, 3.63) is 28.2 Å². The molecule has 1 aliphatic heterocycles. The predicted octanol–water partition coefficient (Wildman–Crippen LogP) is 0.786. The highest BCUT2D eigenvalue weighted by Crippen LogP contribution is 2.25. The molecule has 1 aromatic rings. The fraction of sp³-hybridized carbons (Fsp3) is 0.500. The number of allylic oxidation sites excluding steroid dienone is 1. The molecule has 2 heterocycles. The van der Waals surface area contributed by atoms with Crippen LogP contribution in [0.15, 0.2) is 16.9 Å². The van der Waals surface area contributed by atoms with Crippen molar-refractivity contribution in [3.8, 4) is 0 Å². The molecule has 0 spiro atoms. The molecule has 7 heteroatoms. The van der Waals surface area contributed by atoms with Crippen LogP contribution in [0, 0.1) is 13.8 Å². The van der Waals surface area contributed by atoms with Crippen LogP contribution < -0.4 is 0 Å². The van der Waals surface area contributed by atoms with E-state index < -0.39 is 10.0 Å². The molecule has 0 radical (unpaired) electrons. The van der Waals surface area contributed by atoms with Crippen molar-refractivity contribution in [2.75, 3.05) is 13.8 Å². The first-order valence-corrected chi connectivity index (χ1v) is 6.61. The molecule has 6 nitrogen and oxygen atoms in total. The average molecular weight is 257 g/mol. The smallest absolute Gasteiger partial charge is 0.302 e. The molecule has 94 valence electrons. The van der Waals surface area contributed by atoms with Gasteiger partial charge >= 0.3 is 10.0 Å². The number of aromatic nitrogens is 2. The molecular weight excluding hydrogens is 242 g/mol. The Morgan fingerprint density at radius 3 is 2.41 bits per heavy atom. The summed E-state index contributed by atoms with van der Waals surface area (Å²) in [6.07, 6.45) is 0. The highest BCUT2D eigenvalue weighted by atomic mass is 32.2. The summed E-state index contributed by atoms with van der Waals surface area (Å²) < 4.78 is 31.1. The average Bonchev–Trinajstić information content (AvgIpc) is 2.70. The van der Waals surface area contributed by atoms with E-state index in [4.69, 9.17) is 4.74 Å². The minimum atomic E-state index is -3.66. The van der Waals surface area contributed by atoms with Crippen molar-refractivity contribution >= 4 is 10.0 Å². The van der Waals surface area contributed by atoms with E-state index in [0.29, 0.717) is 17.1 Å². The van der Waals surface area contributed by atoms with E-state index in [1.165, 1.54) is 0 Å². The van der Waals surface area contributed by atoms with Crippen molar-refractivity contribution in [1.82, 2.24) is 14.1 Å². The zero-order valence-corrected chi connectivity index (χ0v) is 11.1. The van der Waals surface area contributed by atoms with Crippen LogP contribution in [0.3, 0.4) is 0 Å². The molecule has 0 N–H and O–H groups in total. The third kappa shape index (κ3) is 1.80. The van der Waals surface area contributed by atoms with Gasteiger partial charge in [0.05, 0.1) is 11.4 Å². The summed E-state index contributed by atoms with van der Waals surface area (Å²) >= 11 is 0. The van der Waals surface area contributed by atoms with Gasteiger partial charge in [-0.05, 0) is 26.8 Å². The van der Waals surface area contributed by atoms with E-state index in [-0.39, 0.29) is 11.8 Å². The number of nitrogens with zero attached hydrogens (tertiary/aromatic N) is 3. The Bertz CT molecular complexity index is 586. The lowest BCUT2D eigenvalue weighted by atomic mass is 10.4. The standard InChI is InChI=1S/C10H15N3O3S/c1-7-5-8(2)13(11-7)17(14,15)10-9(3)16-6-12(10)4/h5H,6H2,1-4H3. The maximum atomic E-state index is 12.4. The molecule has 0 amide bonds. The maximum absolute atomic E-state index is 12.4. The van der Waals surface area contributed by atoms with Gasteiger partial charge in [-0.1, -0.05) is 0 Å². The van der Waals surface area contributed by atoms with Gasteiger partial charge in [0.25, 0.3) is 0 Å². The quantitative estimate of drug-likeness (QED) is 0.783. The van der Waals surface area contributed by atoms with Gasteiger partial charge in [0, 0.05) is 7.05 Å². The third-order valence-corrected chi connectivity index (χ3v) is 4.48. The zero-order chi connectivity index (χ0) is 12.8. The van der Waals surface area contributed by atoms with Crippen molar-refractivity contribution in [2.45, 2.75) is 20.8 Å². The molecule has 0 bridgehead atoms. The van der Waals surface area contributed by atoms with Crippen LogP contribution in [0.5, 0.6) is 0 Å². The van der Waals surface area contributed by atoms with E-state index in [2.05, 4.69) is 5.10 Å². The molecule has 0 saturated carbocycles. The molecule has 0 atom stereocenters. The summed E-state index contributed by atoms with van der Waals surface area (Å²) in [6.45, 7) is 5.36. The summed E-state index contributed by atoms with van der Waals surface area (Å²) in [5, 5.41) is 4.18. The third-order valence-electron chi connectivity index (χ3n) is 2.56. The van der Waals surface area contributed by atoms with E-state index in [1.54, 1.807) is 38.8 Å². The monoisotopic (exact) mass is 257 g/mol. The van der Waals surface area contributed by atoms with Crippen LogP contribution in [0.4, 0.5) is 0 Å². The Balaban J connectivity index is 2.59. The zero-order valence-electron chi connectivity index (χ0n) is 10.3. The maximum Gasteiger partial charge on any atom is 0.302 e. The first-order chi connectivity index (χ1) is 7.84. The largest absolute Gasteiger partial charge is 0.475 e. The lowest BCUT2D eigenvalue weighted by Gasteiger charge is -2.14. The van der Waals surface area contributed by atoms with E-state index in [0.717, 1.165) is 4.09 Å².